The van der Waals surface area contributed by atoms with Gasteiger partial charge in [-0.3, -0.25) is 0 Å². The summed E-state index contributed by atoms with van der Waals surface area (Å²) in [5.41, 5.74) is 0. The minimum atomic E-state index is -3.54. The third-order valence-electron chi connectivity index (χ3n) is 4.23. The van der Waals surface area contributed by atoms with Crippen LogP contribution in [0.3, 0.4) is 0 Å². The molecule has 2 N–H and O–H groups in total. The number of halogens is 2. The van der Waals surface area contributed by atoms with Gasteiger partial charge in [0.1, 0.15) is 5.75 Å². The molecule has 1 aromatic carbocycles. The number of hydrogen-bond donors (Lipinski definition) is 2. The number of hydrogen-bond acceptors (Lipinski definition) is 4. The third kappa shape index (κ3) is 3.68. The quantitative estimate of drug-likeness (QED) is 0.857. The van der Waals surface area contributed by atoms with E-state index >= 15 is 0 Å². The molecule has 0 amide bonds. The molecule has 0 aromatic heterocycles. The predicted octanol–water partition coefficient (Wildman–Crippen LogP) is 2.33. The Morgan fingerprint density at radius 3 is 2.45 bits per heavy atom. The summed E-state index contributed by atoms with van der Waals surface area (Å²) in [5, 5.41) is 3.79. The molecule has 0 saturated carbocycles. The molecule has 2 atom stereocenters. The summed E-state index contributed by atoms with van der Waals surface area (Å²) in [6.45, 7) is 0. The normalized spacial score (nSPS) is 27.3. The molecule has 2 fully saturated rings. The lowest BCUT2D eigenvalue weighted by Gasteiger charge is -2.29. The van der Waals surface area contributed by atoms with Gasteiger partial charge in [0, 0.05) is 18.1 Å². The Hall–Kier alpha value is -0.530. The standard InChI is InChI=1S/C14H19ClN2O3S.ClH/c1-20-14-5-4-12(8-13(14)15)21(18,19)17-11-6-9-2-3-10(7-11)16-9;/h4-5,8-11,16-17H,2-3,6-7H2,1H3;1H. The Balaban J connectivity index is 0.00000176. The number of sulfonamides is 1. The van der Waals surface area contributed by atoms with Crippen LogP contribution in [0.25, 0.3) is 0 Å². The number of methoxy groups -OCH3 is 1. The first-order valence-corrected chi connectivity index (χ1v) is 8.96. The van der Waals surface area contributed by atoms with Crippen LogP contribution in [-0.4, -0.2) is 33.7 Å². The first-order valence-electron chi connectivity index (χ1n) is 7.10. The molecule has 1 aromatic rings. The lowest BCUT2D eigenvalue weighted by atomic mass is 10.0. The smallest absolute Gasteiger partial charge is 0.240 e. The molecule has 2 aliphatic heterocycles. The van der Waals surface area contributed by atoms with Gasteiger partial charge in [0.15, 0.2) is 0 Å². The highest BCUT2D eigenvalue weighted by Gasteiger charge is 2.35. The Morgan fingerprint density at radius 2 is 1.91 bits per heavy atom. The number of benzene rings is 1. The summed E-state index contributed by atoms with van der Waals surface area (Å²) in [6, 6.07) is 5.39. The van der Waals surface area contributed by atoms with E-state index in [-0.39, 0.29) is 23.3 Å². The third-order valence-corrected chi connectivity index (χ3v) is 6.04. The van der Waals surface area contributed by atoms with Crippen LogP contribution >= 0.6 is 24.0 Å². The molecule has 0 aliphatic carbocycles. The Kier molecular flexibility index (Phi) is 5.61. The van der Waals surface area contributed by atoms with E-state index in [9.17, 15) is 8.42 Å². The van der Waals surface area contributed by atoms with Crippen molar-refractivity contribution in [3.63, 3.8) is 0 Å². The molecular weight excluding hydrogens is 347 g/mol. The van der Waals surface area contributed by atoms with E-state index in [1.54, 1.807) is 6.07 Å². The van der Waals surface area contributed by atoms with Crippen LogP contribution in [-0.2, 0) is 10.0 Å². The average Bonchev–Trinajstić information content (AvgIpc) is 2.77. The van der Waals surface area contributed by atoms with Gasteiger partial charge in [0.2, 0.25) is 10.0 Å². The maximum atomic E-state index is 12.5. The fraction of sp³-hybridized carbons (Fsp3) is 0.571. The average molecular weight is 367 g/mol. The highest BCUT2D eigenvalue weighted by molar-refractivity contribution is 7.89. The number of ether oxygens (including phenoxy) is 1. The van der Waals surface area contributed by atoms with Crippen molar-refractivity contribution in [1.82, 2.24) is 10.0 Å². The molecule has 2 saturated heterocycles. The van der Waals surface area contributed by atoms with Gasteiger partial charge in [0.05, 0.1) is 17.0 Å². The molecule has 0 spiro atoms. The molecule has 5 nitrogen and oxygen atoms in total. The molecule has 3 rings (SSSR count). The number of fused-ring (bicyclic) bond motifs is 2. The maximum Gasteiger partial charge on any atom is 0.240 e. The number of piperidine rings is 1. The fourth-order valence-electron chi connectivity index (χ4n) is 3.26. The minimum Gasteiger partial charge on any atom is -0.495 e. The van der Waals surface area contributed by atoms with Crippen LogP contribution in [0.2, 0.25) is 5.02 Å². The van der Waals surface area contributed by atoms with E-state index in [4.69, 9.17) is 16.3 Å². The zero-order valence-electron chi connectivity index (χ0n) is 12.2. The van der Waals surface area contributed by atoms with Crippen LogP contribution in [0.15, 0.2) is 23.1 Å². The van der Waals surface area contributed by atoms with Gasteiger partial charge < -0.3 is 10.1 Å². The topological polar surface area (TPSA) is 67.4 Å². The Morgan fingerprint density at radius 1 is 1.27 bits per heavy atom. The second-order valence-corrected chi connectivity index (χ2v) is 7.85. The first kappa shape index (κ1) is 17.8. The van der Waals surface area contributed by atoms with Crippen molar-refractivity contribution >= 4 is 34.0 Å². The van der Waals surface area contributed by atoms with Crippen molar-refractivity contribution in [2.45, 2.75) is 48.7 Å². The van der Waals surface area contributed by atoms with E-state index in [0.29, 0.717) is 22.9 Å². The lowest BCUT2D eigenvalue weighted by Crippen LogP contribution is -2.47. The summed E-state index contributed by atoms with van der Waals surface area (Å²) < 4.78 is 32.8. The maximum absolute atomic E-state index is 12.5. The van der Waals surface area contributed by atoms with E-state index < -0.39 is 10.0 Å². The van der Waals surface area contributed by atoms with Crippen molar-refractivity contribution in [2.75, 3.05) is 7.11 Å². The zero-order chi connectivity index (χ0) is 15.0. The predicted molar refractivity (Wildman–Crippen MR) is 88.5 cm³/mol. The summed E-state index contributed by atoms with van der Waals surface area (Å²) in [6.07, 6.45) is 3.97. The van der Waals surface area contributed by atoms with E-state index in [1.165, 1.54) is 19.2 Å². The van der Waals surface area contributed by atoms with Gasteiger partial charge in [-0.25, -0.2) is 13.1 Å². The fourth-order valence-corrected chi connectivity index (χ4v) is 4.87. The molecule has 2 heterocycles. The summed E-state index contributed by atoms with van der Waals surface area (Å²) in [7, 11) is -2.05. The molecule has 124 valence electrons. The molecule has 8 heteroatoms. The van der Waals surface area contributed by atoms with E-state index in [0.717, 1.165) is 25.7 Å². The Labute approximate surface area is 142 Å². The van der Waals surface area contributed by atoms with Gasteiger partial charge in [-0.15, -0.1) is 12.4 Å². The molecule has 2 bridgehead atoms. The van der Waals surface area contributed by atoms with Gasteiger partial charge in [-0.05, 0) is 43.9 Å². The SMILES string of the molecule is COc1ccc(S(=O)(=O)NC2CC3CCC(C2)N3)cc1Cl.Cl. The van der Waals surface area contributed by atoms with E-state index in [1.807, 2.05) is 0 Å². The Bertz CT molecular complexity index is 627. The largest absolute Gasteiger partial charge is 0.495 e. The monoisotopic (exact) mass is 366 g/mol. The molecule has 2 unspecified atom stereocenters. The van der Waals surface area contributed by atoms with Gasteiger partial charge in [0.25, 0.3) is 0 Å². The molecule has 0 radical (unpaired) electrons. The van der Waals surface area contributed by atoms with Crippen LogP contribution in [0.4, 0.5) is 0 Å². The highest BCUT2D eigenvalue weighted by atomic mass is 35.5. The van der Waals surface area contributed by atoms with Crippen molar-refractivity contribution < 1.29 is 13.2 Å². The second kappa shape index (κ2) is 6.93. The van der Waals surface area contributed by atoms with Crippen LogP contribution in [0.1, 0.15) is 25.7 Å². The van der Waals surface area contributed by atoms with Crippen molar-refractivity contribution in [1.29, 1.82) is 0 Å². The molecule has 2 aliphatic rings. The van der Waals surface area contributed by atoms with Crippen molar-refractivity contribution in [3.8, 4) is 5.75 Å². The molecular formula is C14H20Cl2N2O3S. The van der Waals surface area contributed by atoms with Crippen LogP contribution in [0.5, 0.6) is 5.75 Å². The zero-order valence-corrected chi connectivity index (χ0v) is 14.6. The molecule has 22 heavy (non-hydrogen) atoms. The summed E-state index contributed by atoms with van der Waals surface area (Å²) in [4.78, 5) is 0.180. The van der Waals surface area contributed by atoms with Gasteiger partial charge >= 0.3 is 0 Å². The van der Waals surface area contributed by atoms with Gasteiger partial charge in [-0.2, -0.15) is 0 Å². The lowest BCUT2D eigenvalue weighted by molar-refractivity contribution is 0.345. The highest BCUT2D eigenvalue weighted by Crippen LogP contribution is 2.29. The number of nitrogens with one attached hydrogen (secondary N) is 2. The van der Waals surface area contributed by atoms with Crippen LogP contribution < -0.4 is 14.8 Å². The van der Waals surface area contributed by atoms with E-state index in [2.05, 4.69) is 10.0 Å². The second-order valence-electron chi connectivity index (χ2n) is 5.72. The van der Waals surface area contributed by atoms with Crippen molar-refractivity contribution in [3.05, 3.63) is 23.2 Å². The summed E-state index contributed by atoms with van der Waals surface area (Å²) >= 11 is 6.01. The summed E-state index contributed by atoms with van der Waals surface area (Å²) in [5.74, 6) is 0.468. The van der Waals surface area contributed by atoms with Crippen molar-refractivity contribution in [2.24, 2.45) is 0 Å². The minimum absolute atomic E-state index is 0. The first-order chi connectivity index (χ1) is 9.98. The number of rotatable bonds is 4. The van der Waals surface area contributed by atoms with Gasteiger partial charge in [-0.1, -0.05) is 11.6 Å². The van der Waals surface area contributed by atoms with Crippen LogP contribution in [0, 0.1) is 0 Å².